The Labute approximate surface area is 122 Å². The molecule has 1 N–H and O–H groups in total. The van der Waals surface area contributed by atoms with Gasteiger partial charge in [-0.2, -0.15) is 0 Å². The summed E-state index contributed by atoms with van der Waals surface area (Å²) in [5.41, 5.74) is 2.70. The number of aromatic nitrogens is 1. The number of fused-ring (bicyclic) bond motifs is 1. The fraction of sp³-hybridized carbons (Fsp3) is 0.111. The molecule has 3 heteroatoms. The largest absolute Gasteiger partial charge is 0.506 e. The number of hydrogen-bond donors (Lipinski definition) is 1. The third kappa shape index (κ3) is 1.98. The lowest BCUT2D eigenvalue weighted by atomic mass is 10.1. The molecule has 2 aromatic rings. The van der Waals surface area contributed by atoms with Gasteiger partial charge in [0.05, 0.1) is 16.8 Å². The van der Waals surface area contributed by atoms with Crippen LogP contribution in [0.4, 0.5) is 0 Å². The highest BCUT2D eigenvalue weighted by molar-refractivity contribution is 6.35. The van der Waals surface area contributed by atoms with Crippen molar-refractivity contribution in [1.29, 1.82) is 0 Å². The molecule has 0 amide bonds. The number of aliphatic hydroxyl groups excluding tert-OH is 1. The second-order valence-corrected chi connectivity index (χ2v) is 4.85. The van der Waals surface area contributed by atoms with Gasteiger partial charge in [0.1, 0.15) is 5.76 Å². The Balaban J connectivity index is 2.22. The summed E-state index contributed by atoms with van der Waals surface area (Å²) >= 11 is 0. The average molecular weight is 277 g/mol. The van der Waals surface area contributed by atoms with Gasteiger partial charge in [0.15, 0.2) is 5.78 Å². The Morgan fingerprint density at radius 1 is 1.00 bits per heavy atom. The maximum Gasteiger partial charge on any atom is 0.199 e. The zero-order chi connectivity index (χ0) is 15.0. The van der Waals surface area contributed by atoms with E-state index < -0.39 is 0 Å². The van der Waals surface area contributed by atoms with E-state index in [9.17, 15) is 9.90 Å². The number of rotatable bonds is 1. The first-order valence-corrected chi connectivity index (χ1v) is 6.85. The van der Waals surface area contributed by atoms with E-state index >= 15 is 0 Å². The van der Waals surface area contributed by atoms with Crippen molar-refractivity contribution in [2.24, 2.45) is 0 Å². The van der Waals surface area contributed by atoms with Gasteiger partial charge in [-0.25, -0.2) is 4.98 Å². The number of allylic oxidation sites excluding steroid dienone is 4. The minimum atomic E-state index is -0.175. The second kappa shape index (κ2) is 5.02. The molecule has 0 saturated heterocycles. The van der Waals surface area contributed by atoms with Crippen molar-refractivity contribution in [2.75, 3.05) is 0 Å². The summed E-state index contributed by atoms with van der Waals surface area (Å²) in [6.07, 6.45) is 3.47. The maximum atomic E-state index is 12.5. The number of benzene rings is 1. The first kappa shape index (κ1) is 13.3. The first-order chi connectivity index (χ1) is 10.2. The van der Waals surface area contributed by atoms with Crippen LogP contribution in [0, 0.1) is 0 Å². The lowest BCUT2D eigenvalue weighted by Crippen LogP contribution is -2.01. The van der Waals surface area contributed by atoms with Crippen LogP contribution in [-0.4, -0.2) is 15.9 Å². The first-order valence-electron chi connectivity index (χ1n) is 6.85. The third-order valence-electron chi connectivity index (χ3n) is 3.69. The fourth-order valence-corrected chi connectivity index (χ4v) is 2.65. The SMILES string of the molecule is C/C=C1/C(=O)C(c2ccc3ccccc3n2)=C(O)/C1=C/C. The molecule has 0 aliphatic heterocycles. The van der Waals surface area contributed by atoms with Crippen molar-refractivity contribution in [3.05, 3.63) is 71.1 Å². The van der Waals surface area contributed by atoms with Crippen molar-refractivity contribution in [2.45, 2.75) is 13.8 Å². The van der Waals surface area contributed by atoms with Gasteiger partial charge in [-0.3, -0.25) is 4.79 Å². The molecule has 0 bridgehead atoms. The highest BCUT2D eigenvalue weighted by Crippen LogP contribution is 2.37. The van der Waals surface area contributed by atoms with Crippen molar-refractivity contribution in [3.8, 4) is 0 Å². The predicted octanol–water partition coefficient (Wildman–Crippen LogP) is 3.98. The van der Waals surface area contributed by atoms with Gasteiger partial charge in [-0.05, 0) is 26.0 Å². The Hall–Kier alpha value is -2.68. The minimum Gasteiger partial charge on any atom is -0.506 e. The quantitative estimate of drug-likeness (QED) is 0.802. The van der Waals surface area contributed by atoms with Crippen LogP contribution >= 0.6 is 0 Å². The molecule has 0 spiro atoms. The molecule has 0 atom stereocenters. The molecule has 1 heterocycles. The van der Waals surface area contributed by atoms with Crippen molar-refractivity contribution >= 4 is 22.3 Å². The second-order valence-electron chi connectivity index (χ2n) is 4.85. The summed E-state index contributed by atoms with van der Waals surface area (Å²) in [6, 6.07) is 11.4. The number of nitrogens with zero attached hydrogens (tertiary/aromatic N) is 1. The van der Waals surface area contributed by atoms with Crippen LogP contribution in [0.3, 0.4) is 0 Å². The number of carbonyl (C=O) groups is 1. The summed E-state index contributed by atoms with van der Waals surface area (Å²) in [6.45, 7) is 3.60. The average Bonchev–Trinajstić information content (AvgIpc) is 2.76. The molecular formula is C18H15NO2. The van der Waals surface area contributed by atoms with Crippen LogP contribution in [0.25, 0.3) is 16.5 Å². The number of aliphatic hydroxyl groups is 1. The van der Waals surface area contributed by atoms with E-state index in [2.05, 4.69) is 4.98 Å². The van der Waals surface area contributed by atoms with Gasteiger partial charge < -0.3 is 5.11 Å². The van der Waals surface area contributed by atoms with Gasteiger partial charge >= 0.3 is 0 Å². The fourth-order valence-electron chi connectivity index (χ4n) is 2.65. The number of ketones is 1. The zero-order valence-electron chi connectivity index (χ0n) is 11.9. The molecule has 0 radical (unpaired) electrons. The van der Waals surface area contributed by atoms with E-state index in [-0.39, 0.29) is 17.1 Å². The normalized spacial score (nSPS) is 19.2. The van der Waals surface area contributed by atoms with Gasteiger partial charge in [0.2, 0.25) is 0 Å². The van der Waals surface area contributed by atoms with E-state index in [1.54, 1.807) is 32.1 Å². The number of pyridine rings is 1. The number of hydrogen-bond acceptors (Lipinski definition) is 3. The van der Waals surface area contributed by atoms with Gasteiger partial charge in [0.25, 0.3) is 0 Å². The molecule has 1 aromatic carbocycles. The number of para-hydroxylation sites is 1. The Morgan fingerprint density at radius 2 is 1.71 bits per heavy atom. The van der Waals surface area contributed by atoms with E-state index in [1.807, 2.05) is 30.3 Å². The molecule has 0 unspecified atom stereocenters. The monoisotopic (exact) mass is 277 g/mol. The molecule has 1 aliphatic rings. The highest BCUT2D eigenvalue weighted by atomic mass is 16.3. The van der Waals surface area contributed by atoms with Gasteiger partial charge in [-0.15, -0.1) is 0 Å². The smallest absolute Gasteiger partial charge is 0.199 e. The highest BCUT2D eigenvalue weighted by Gasteiger charge is 2.33. The van der Waals surface area contributed by atoms with E-state index in [0.717, 1.165) is 10.9 Å². The van der Waals surface area contributed by atoms with Crippen molar-refractivity contribution < 1.29 is 9.90 Å². The molecule has 21 heavy (non-hydrogen) atoms. The summed E-state index contributed by atoms with van der Waals surface area (Å²) in [7, 11) is 0. The predicted molar refractivity (Wildman–Crippen MR) is 83.8 cm³/mol. The number of carbonyl (C=O) groups excluding carboxylic acids is 1. The molecule has 104 valence electrons. The topological polar surface area (TPSA) is 50.2 Å². The lowest BCUT2D eigenvalue weighted by Gasteiger charge is -2.03. The van der Waals surface area contributed by atoms with E-state index in [4.69, 9.17) is 0 Å². The standard InChI is InChI=1S/C18H15NO2/c1-3-12-13(4-2)18(21)16(17(12)20)15-10-9-11-7-5-6-8-14(11)19-15/h3-10,20H,1-2H3/b12-3+,13-4+. The Kier molecular flexibility index (Phi) is 3.18. The van der Waals surface area contributed by atoms with Crippen LogP contribution in [0.2, 0.25) is 0 Å². The van der Waals surface area contributed by atoms with Gasteiger partial charge in [-0.1, -0.05) is 36.4 Å². The molecular weight excluding hydrogens is 262 g/mol. The molecule has 1 aliphatic carbocycles. The third-order valence-corrected chi connectivity index (χ3v) is 3.69. The maximum absolute atomic E-state index is 12.5. The zero-order valence-corrected chi connectivity index (χ0v) is 11.9. The molecule has 0 fully saturated rings. The summed E-state index contributed by atoms with van der Waals surface area (Å²) in [5, 5.41) is 11.4. The summed E-state index contributed by atoms with van der Waals surface area (Å²) in [4.78, 5) is 17.0. The lowest BCUT2D eigenvalue weighted by molar-refractivity contribution is -0.110. The molecule has 0 saturated carbocycles. The van der Waals surface area contributed by atoms with Crippen LogP contribution in [0.1, 0.15) is 19.5 Å². The van der Waals surface area contributed by atoms with E-state index in [1.165, 1.54) is 0 Å². The van der Waals surface area contributed by atoms with Crippen LogP contribution < -0.4 is 0 Å². The Morgan fingerprint density at radius 3 is 2.38 bits per heavy atom. The number of Topliss-reactive ketones (excluding diaryl/α,β-unsaturated/α-hetero) is 1. The van der Waals surface area contributed by atoms with Gasteiger partial charge in [0, 0.05) is 16.5 Å². The van der Waals surface area contributed by atoms with Crippen molar-refractivity contribution in [1.82, 2.24) is 4.98 Å². The van der Waals surface area contributed by atoms with Crippen molar-refractivity contribution in [3.63, 3.8) is 0 Å². The molecule has 3 rings (SSSR count). The molecule has 3 nitrogen and oxygen atoms in total. The van der Waals surface area contributed by atoms with E-state index in [0.29, 0.717) is 16.8 Å². The molecule has 1 aromatic heterocycles. The van der Waals surface area contributed by atoms with Crippen LogP contribution in [-0.2, 0) is 4.79 Å². The minimum absolute atomic E-state index is 0.0124. The Bertz CT molecular complexity index is 841. The van der Waals surface area contributed by atoms with Crippen LogP contribution in [0.15, 0.2) is 65.5 Å². The van der Waals surface area contributed by atoms with Crippen LogP contribution in [0.5, 0.6) is 0 Å². The summed E-state index contributed by atoms with van der Waals surface area (Å²) < 4.78 is 0. The summed E-state index contributed by atoms with van der Waals surface area (Å²) in [5.74, 6) is -0.163.